The van der Waals surface area contributed by atoms with Crippen molar-refractivity contribution in [3.05, 3.63) is 75.2 Å². The highest BCUT2D eigenvalue weighted by molar-refractivity contribution is 7.91. The first kappa shape index (κ1) is 44.2. The summed E-state index contributed by atoms with van der Waals surface area (Å²) >= 11 is 14.3. The monoisotopic (exact) mass is 922 g/mol. The molecule has 0 radical (unpaired) electrons. The minimum Gasteiger partial charge on any atom is -0.496 e. The molecule has 0 unspecified atom stereocenters. The number of amides is 3. The van der Waals surface area contributed by atoms with Gasteiger partial charge in [0.2, 0.25) is 21.8 Å². The number of nitrogens with one attached hydrogen (secondary N) is 3. The van der Waals surface area contributed by atoms with Gasteiger partial charge in [-0.05, 0) is 88.6 Å². The lowest BCUT2D eigenvalue weighted by atomic mass is 10.0. The van der Waals surface area contributed by atoms with E-state index in [0.29, 0.717) is 64.1 Å². The predicted molar refractivity (Wildman–Crippen MR) is 243 cm³/mol. The van der Waals surface area contributed by atoms with Gasteiger partial charge in [0, 0.05) is 50.5 Å². The Balaban J connectivity index is 1.16. The maximum absolute atomic E-state index is 15.0. The molecule has 3 fully saturated rings. The second kappa shape index (κ2) is 17.3. The highest BCUT2D eigenvalue weighted by atomic mass is 35.5. The molecular formula is C45H52Cl2N6O7S2. The van der Waals surface area contributed by atoms with Crippen molar-refractivity contribution < 1.29 is 32.3 Å². The largest absolute Gasteiger partial charge is 0.496 e. The number of carbonyl (C=O) groups excluding carboxylic acids is 3. The zero-order valence-corrected chi connectivity index (χ0v) is 38.6. The van der Waals surface area contributed by atoms with Crippen LogP contribution in [0.4, 0.5) is 5.69 Å². The Morgan fingerprint density at radius 2 is 1.81 bits per heavy atom. The summed E-state index contributed by atoms with van der Waals surface area (Å²) in [6, 6.07) is 8.76. The maximum Gasteiger partial charge on any atom is 0.259 e. The van der Waals surface area contributed by atoms with Crippen molar-refractivity contribution in [2.24, 2.45) is 5.92 Å². The summed E-state index contributed by atoms with van der Waals surface area (Å²) in [6.07, 6.45) is 7.97. The number of rotatable bonds is 10. The molecule has 4 heterocycles. The molecular weight excluding hydrogens is 872 g/mol. The lowest BCUT2D eigenvalue weighted by molar-refractivity contribution is -0.140. The number of hydrogen-bond acceptors (Lipinski definition) is 11. The Kier molecular flexibility index (Phi) is 12.3. The summed E-state index contributed by atoms with van der Waals surface area (Å²) in [5, 5.41) is 10.6. The average Bonchev–Trinajstić information content (AvgIpc) is 3.99. The van der Waals surface area contributed by atoms with Crippen LogP contribution in [0.1, 0.15) is 95.7 Å². The lowest BCUT2D eigenvalue weighted by Gasteiger charge is -2.30. The van der Waals surface area contributed by atoms with Crippen molar-refractivity contribution in [1.82, 2.24) is 24.9 Å². The zero-order chi connectivity index (χ0) is 44.1. The number of aryl methyl sites for hydroxylation is 1. The van der Waals surface area contributed by atoms with E-state index in [-0.39, 0.29) is 31.2 Å². The molecule has 17 heteroatoms. The van der Waals surface area contributed by atoms with E-state index in [1.165, 1.54) is 16.2 Å². The molecule has 3 amide bonds. The molecule has 62 heavy (non-hydrogen) atoms. The van der Waals surface area contributed by atoms with Crippen LogP contribution < -0.4 is 24.8 Å². The topological polar surface area (TPSA) is 169 Å². The Morgan fingerprint density at radius 3 is 2.50 bits per heavy atom. The van der Waals surface area contributed by atoms with Gasteiger partial charge in [-0.15, -0.1) is 11.3 Å². The van der Waals surface area contributed by atoms with Crippen molar-refractivity contribution in [1.29, 1.82) is 0 Å². The Bertz CT molecular complexity index is 2540. The fraction of sp³-hybridized carbons (Fsp3) is 0.489. The van der Waals surface area contributed by atoms with Gasteiger partial charge in [-0.3, -0.25) is 19.1 Å². The van der Waals surface area contributed by atoms with Gasteiger partial charge in [0.15, 0.2) is 0 Å². The quantitative estimate of drug-likeness (QED) is 0.132. The third-order valence-corrected chi connectivity index (χ3v) is 16.2. The van der Waals surface area contributed by atoms with Gasteiger partial charge in [0.1, 0.15) is 45.9 Å². The number of ether oxygens (including phenoxy) is 2. The normalized spacial score (nSPS) is 25.5. The molecule has 2 aromatic heterocycles. The number of halogens is 2. The number of benzene rings is 2. The van der Waals surface area contributed by atoms with Crippen molar-refractivity contribution in [3.8, 4) is 22.2 Å². The van der Waals surface area contributed by atoms with E-state index >= 15 is 0 Å². The van der Waals surface area contributed by atoms with E-state index in [4.69, 9.17) is 42.6 Å². The van der Waals surface area contributed by atoms with E-state index in [1.807, 2.05) is 42.7 Å². The first-order valence-electron chi connectivity index (χ1n) is 21.2. The van der Waals surface area contributed by atoms with Crippen LogP contribution in [0.5, 0.6) is 11.5 Å². The third-order valence-electron chi connectivity index (χ3n) is 12.7. The van der Waals surface area contributed by atoms with Gasteiger partial charge < -0.3 is 25.0 Å². The smallest absolute Gasteiger partial charge is 0.259 e. The fourth-order valence-corrected chi connectivity index (χ4v) is 11.2. The number of anilines is 1. The standard InChI is InChI=1S/C45H52Cl2N6O7S2/c1-25(2)35-24-61-41(50-35)34-21-38(32-13-14-37(59-5)26(3)39(32)49-34)60-31-20-36-40(54)51-45(43(56)52-62(57,58)44(4)15-16-44)22-27(45)11-9-7-6-8-10-12-33(42(55)53(36)23-31)48-30-18-28(46)17-29(47)19-30/h9,11,13-14,17-19,21,24-25,27,31,33,36,48H,6-8,10,12,15-16,20,22-23H2,1-5H3,(H,51,54)(H,52,56)/b11-9-/t27-,31+,33-,36-,45+/m0/s1. The molecule has 13 nitrogen and oxygen atoms in total. The summed E-state index contributed by atoms with van der Waals surface area (Å²) in [7, 11) is -2.39. The van der Waals surface area contributed by atoms with Crippen LogP contribution >= 0.6 is 34.5 Å². The molecule has 2 aliphatic heterocycles. The van der Waals surface area contributed by atoms with Crippen molar-refractivity contribution in [2.45, 2.75) is 120 Å². The Labute approximate surface area is 376 Å². The van der Waals surface area contributed by atoms with Gasteiger partial charge >= 0.3 is 0 Å². The molecule has 5 atom stereocenters. The minimum absolute atomic E-state index is 0.0453. The number of thiazole rings is 1. The highest BCUT2D eigenvalue weighted by Gasteiger charge is 2.63. The maximum atomic E-state index is 15.0. The molecule has 2 saturated carbocycles. The van der Waals surface area contributed by atoms with Crippen LogP contribution in [-0.2, 0) is 24.4 Å². The number of carbonyl (C=O) groups is 3. The summed E-state index contributed by atoms with van der Waals surface area (Å²) < 4.78 is 40.4. The molecule has 3 N–H and O–H groups in total. The van der Waals surface area contributed by atoms with Crippen molar-refractivity contribution >= 4 is 78.9 Å². The number of hydrogen-bond donors (Lipinski definition) is 3. The molecule has 8 rings (SSSR count). The molecule has 1 saturated heterocycles. The van der Waals surface area contributed by atoms with Crippen LogP contribution in [0.15, 0.2) is 53.9 Å². The van der Waals surface area contributed by atoms with Crippen molar-refractivity contribution in [2.75, 3.05) is 19.0 Å². The summed E-state index contributed by atoms with van der Waals surface area (Å²) in [6.45, 7) is 7.75. The number of allylic oxidation sites excluding steroid dienone is 1. The molecule has 0 spiro atoms. The number of sulfonamides is 1. The molecule has 4 aromatic rings. The lowest BCUT2D eigenvalue weighted by Crippen LogP contribution is -2.58. The number of pyridine rings is 1. The Hall–Kier alpha value is -4.44. The number of aromatic nitrogens is 2. The van der Waals surface area contributed by atoms with E-state index in [9.17, 15) is 22.8 Å². The van der Waals surface area contributed by atoms with Gasteiger partial charge in [-0.2, -0.15) is 0 Å². The SMILES string of the molecule is COc1ccc2c(O[C@@H]3C[C@H]4C(=O)N[C@]5(C(=O)NS(=O)(=O)C6(C)CC6)C[C@@H]5/C=C\CCCCC[C@H](Nc5cc(Cl)cc(Cl)c5)C(=O)N4C3)cc(-c3nc(C(C)C)cs3)nc2c1C. The Morgan fingerprint density at radius 1 is 1.05 bits per heavy atom. The zero-order valence-electron chi connectivity index (χ0n) is 35.4. The van der Waals surface area contributed by atoms with E-state index in [2.05, 4.69) is 29.2 Å². The predicted octanol–water partition coefficient (Wildman–Crippen LogP) is 8.33. The van der Waals surface area contributed by atoms with Crippen LogP contribution in [0.3, 0.4) is 0 Å². The van der Waals surface area contributed by atoms with Crippen LogP contribution in [-0.4, -0.2) is 83.1 Å². The van der Waals surface area contributed by atoms with Gasteiger partial charge in [-0.1, -0.05) is 62.0 Å². The summed E-state index contributed by atoms with van der Waals surface area (Å²) in [4.78, 5) is 55.2. The highest BCUT2D eigenvalue weighted by Crippen LogP contribution is 2.48. The van der Waals surface area contributed by atoms with Gasteiger partial charge in [0.05, 0.1) is 29.6 Å². The minimum atomic E-state index is -4.00. The van der Waals surface area contributed by atoms with E-state index in [1.54, 1.807) is 32.2 Å². The molecule has 4 aliphatic rings. The number of nitrogens with zero attached hydrogens (tertiary/aromatic N) is 3. The van der Waals surface area contributed by atoms with Crippen molar-refractivity contribution in [3.63, 3.8) is 0 Å². The first-order valence-corrected chi connectivity index (χ1v) is 24.3. The summed E-state index contributed by atoms with van der Waals surface area (Å²) in [5.41, 5.74) is 2.09. The van der Waals surface area contributed by atoms with Crippen LogP contribution in [0, 0.1) is 12.8 Å². The van der Waals surface area contributed by atoms with Gasteiger partial charge in [0.25, 0.3) is 5.91 Å². The second-order valence-corrected chi connectivity index (χ2v) is 21.5. The first-order chi connectivity index (χ1) is 29.5. The fourth-order valence-electron chi connectivity index (χ4n) is 8.44. The van der Waals surface area contributed by atoms with Gasteiger partial charge in [-0.25, -0.2) is 18.4 Å². The van der Waals surface area contributed by atoms with E-state index < -0.39 is 56.2 Å². The molecule has 0 bridgehead atoms. The molecule has 330 valence electrons. The molecule has 2 aliphatic carbocycles. The number of methoxy groups -OCH3 is 1. The van der Waals surface area contributed by atoms with Crippen LogP contribution in [0.25, 0.3) is 21.6 Å². The molecule has 2 aromatic carbocycles. The number of fused-ring (bicyclic) bond motifs is 3. The van der Waals surface area contributed by atoms with Crippen LogP contribution in [0.2, 0.25) is 10.0 Å². The van der Waals surface area contributed by atoms with E-state index in [0.717, 1.165) is 40.9 Å². The average molecular weight is 924 g/mol. The second-order valence-electron chi connectivity index (χ2n) is 17.6. The summed E-state index contributed by atoms with van der Waals surface area (Å²) in [5.74, 6) is -0.726. The third kappa shape index (κ3) is 8.87.